The molecule has 1 heterocycles. The van der Waals surface area contributed by atoms with E-state index in [1.165, 1.54) is 12.8 Å². The third-order valence-corrected chi connectivity index (χ3v) is 3.85. The molecule has 0 unspecified atom stereocenters. The third kappa shape index (κ3) is 2.33. The normalized spacial score (nSPS) is 28.3. The first-order valence-electron chi connectivity index (χ1n) is 4.84. The van der Waals surface area contributed by atoms with Crippen LogP contribution in [0.4, 0.5) is 0 Å². The van der Waals surface area contributed by atoms with Gasteiger partial charge in [-0.25, -0.2) is 3.11 Å². The molecule has 1 saturated carbocycles. The van der Waals surface area contributed by atoms with Gasteiger partial charge in [-0.3, -0.25) is 5.32 Å². The standard InChI is InChI=1S/C9H14IN3/c10-13-5-1-8(2-6-13)12-9(7-11)3-4-9/h8,12H,1-6H2. The lowest BCUT2D eigenvalue weighted by Gasteiger charge is -2.29. The van der Waals surface area contributed by atoms with E-state index in [9.17, 15) is 0 Å². The highest BCUT2D eigenvalue weighted by atomic mass is 127. The number of nitriles is 1. The topological polar surface area (TPSA) is 39.1 Å². The van der Waals surface area contributed by atoms with Crippen LogP contribution in [-0.2, 0) is 0 Å². The maximum Gasteiger partial charge on any atom is 0.107 e. The summed E-state index contributed by atoms with van der Waals surface area (Å²) in [5.41, 5.74) is -0.127. The Morgan fingerprint density at radius 1 is 1.38 bits per heavy atom. The van der Waals surface area contributed by atoms with Gasteiger partial charge in [-0.05, 0) is 25.7 Å². The fraction of sp³-hybridized carbons (Fsp3) is 0.889. The van der Waals surface area contributed by atoms with Gasteiger partial charge in [0.1, 0.15) is 5.54 Å². The first-order chi connectivity index (χ1) is 6.24. The molecule has 0 spiro atoms. The van der Waals surface area contributed by atoms with Crippen molar-refractivity contribution in [3.05, 3.63) is 0 Å². The van der Waals surface area contributed by atoms with Crippen molar-refractivity contribution in [1.29, 1.82) is 5.26 Å². The number of rotatable bonds is 2. The van der Waals surface area contributed by atoms with Gasteiger partial charge in [0, 0.05) is 42.0 Å². The molecule has 0 aromatic rings. The Morgan fingerprint density at radius 2 is 2.00 bits per heavy atom. The molecular weight excluding hydrogens is 277 g/mol. The Morgan fingerprint density at radius 3 is 2.46 bits per heavy atom. The first kappa shape index (κ1) is 9.69. The van der Waals surface area contributed by atoms with Crippen molar-refractivity contribution >= 4 is 22.9 Å². The van der Waals surface area contributed by atoms with Crippen LogP contribution in [0.2, 0.25) is 0 Å². The van der Waals surface area contributed by atoms with E-state index in [-0.39, 0.29) is 5.54 Å². The van der Waals surface area contributed by atoms with Gasteiger partial charge in [0.05, 0.1) is 6.07 Å². The average Bonchev–Trinajstić information content (AvgIpc) is 2.90. The summed E-state index contributed by atoms with van der Waals surface area (Å²) in [6.07, 6.45) is 4.47. The van der Waals surface area contributed by atoms with Crippen molar-refractivity contribution in [2.24, 2.45) is 0 Å². The highest BCUT2D eigenvalue weighted by molar-refractivity contribution is 14.1. The molecule has 0 aromatic carbocycles. The zero-order valence-electron chi connectivity index (χ0n) is 7.59. The van der Waals surface area contributed by atoms with Gasteiger partial charge in [-0.2, -0.15) is 5.26 Å². The molecule has 2 aliphatic rings. The Kier molecular flexibility index (Phi) is 2.77. The number of hydrogen-bond donors (Lipinski definition) is 1. The van der Waals surface area contributed by atoms with E-state index in [4.69, 9.17) is 5.26 Å². The number of hydrogen-bond acceptors (Lipinski definition) is 3. The lowest BCUT2D eigenvalue weighted by Crippen LogP contribution is -2.44. The Labute approximate surface area is 93.0 Å². The van der Waals surface area contributed by atoms with Crippen LogP contribution in [0.1, 0.15) is 25.7 Å². The molecule has 3 nitrogen and oxygen atoms in total. The third-order valence-electron chi connectivity index (χ3n) is 2.88. The van der Waals surface area contributed by atoms with Gasteiger partial charge in [-0.15, -0.1) is 0 Å². The summed E-state index contributed by atoms with van der Waals surface area (Å²) in [4.78, 5) is 0. The maximum absolute atomic E-state index is 8.91. The van der Waals surface area contributed by atoms with Crippen molar-refractivity contribution in [2.45, 2.75) is 37.3 Å². The Bertz CT molecular complexity index is 224. The van der Waals surface area contributed by atoms with E-state index >= 15 is 0 Å². The molecule has 72 valence electrons. The zero-order valence-corrected chi connectivity index (χ0v) is 9.75. The molecule has 0 radical (unpaired) electrons. The molecule has 2 rings (SSSR count). The highest BCUT2D eigenvalue weighted by Crippen LogP contribution is 2.35. The zero-order chi connectivity index (χ0) is 9.31. The smallest absolute Gasteiger partial charge is 0.107 e. The van der Waals surface area contributed by atoms with Crippen LogP contribution < -0.4 is 5.32 Å². The SMILES string of the molecule is N#CC1(NC2CCN(I)CC2)CC1. The molecule has 0 aromatic heterocycles. The number of piperidine rings is 1. The fourth-order valence-corrected chi connectivity index (χ4v) is 2.35. The van der Waals surface area contributed by atoms with E-state index in [0.29, 0.717) is 6.04 Å². The van der Waals surface area contributed by atoms with Crippen molar-refractivity contribution in [3.8, 4) is 6.07 Å². The van der Waals surface area contributed by atoms with Gasteiger partial charge >= 0.3 is 0 Å². The lowest BCUT2D eigenvalue weighted by molar-refractivity contribution is 0.310. The summed E-state index contributed by atoms with van der Waals surface area (Å²) >= 11 is 2.37. The van der Waals surface area contributed by atoms with E-state index in [1.54, 1.807) is 0 Å². The minimum absolute atomic E-state index is 0.127. The van der Waals surface area contributed by atoms with Crippen LogP contribution in [0.15, 0.2) is 0 Å². The van der Waals surface area contributed by atoms with E-state index in [0.717, 1.165) is 25.9 Å². The monoisotopic (exact) mass is 291 g/mol. The van der Waals surface area contributed by atoms with Crippen molar-refractivity contribution in [3.63, 3.8) is 0 Å². The maximum atomic E-state index is 8.91. The number of nitrogens with one attached hydrogen (secondary N) is 1. The summed E-state index contributed by atoms with van der Waals surface area (Å²) in [6, 6.07) is 2.96. The molecule has 1 aliphatic heterocycles. The van der Waals surface area contributed by atoms with Gasteiger partial charge in [0.25, 0.3) is 0 Å². The van der Waals surface area contributed by atoms with Crippen LogP contribution in [0.3, 0.4) is 0 Å². The molecular formula is C9H14IN3. The van der Waals surface area contributed by atoms with E-state index < -0.39 is 0 Å². The molecule has 0 amide bonds. The molecule has 13 heavy (non-hydrogen) atoms. The molecule has 2 fully saturated rings. The second-order valence-corrected chi connectivity index (χ2v) is 5.39. The summed E-state index contributed by atoms with van der Waals surface area (Å²) in [5.74, 6) is 0. The highest BCUT2D eigenvalue weighted by Gasteiger charge is 2.44. The van der Waals surface area contributed by atoms with Crippen LogP contribution in [0.25, 0.3) is 0 Å². The fourth-order valence-electron chi connectivity index (χ4n) is 1.80. The van der Waals surface area contributed by atoms with Crippen LogP contribution in [0.5, 0.6) is 0 Å². The Balaban J connectivity index is 1.80. The van der Waals surface area contributed by atoms with E-state index in [2.05, 4.69) is 37.4 Å². The number of halogens is 1. The minimum Gasteiger partial charge on any atom is -0.296 e. The van der Waals surface area contributed by atoms with Crippen molar-refractivity contribution < 1.29 is 0 Å². The quantitative estimate of drug-likeness (QED) is 0.618. The lowest BCUT2D eigenvalue weighted by atomic mass is 10.1. The average molecular weight is 291 g/mol. The molecule has 0 atom stereocenters. The molecule has 1 saturated heterocycles. The van der Waals surface area contributed by atoms with Gasteiger partial charge in [-0.1, -0.05) is 0 Å². The molecule has 0 bridgehead atoms. The predicted molar refractivity (Wildman–Crippen MR) is 59.3 cm³/mol. The molecule has 1 N–H and O–H groups in total. The predicted octanol–water partition coefficient (Wildman–Crippen LogP) is 1.45. The summed E-state index contributed by atoms with van der Waals surface area (Å²) in [5, 5.41) is 12.4. The Hall–Kier alpha value is 0.140. The summed E-state index contributed by atoms with van der Waals surface area (Å²) in [6.45, 7) is 2.31. The molecule has 1 aliphatic carbocycles. The van der Waals surface area contributed by atoms with Crippen LogP contribution in [-0.4, -0.2) is 27.8 Å². The molecule has 4 heteroatoms. The largest absolute Gasteiger partial charge is 0.296 e. The second kappa shape index (κ2) is 3.71. The van der Waals surface area contributed by atoms with E-state index in [1.807, 2.05) is 0 Å². The number of nitrogens with zero attached hydrogens (tertiary/aromatic N) is 2. The van der Waals surface area contributed by atoms with Crippen molar-refractivity contribution in [1.82, 2.24) is 8.43 Å². The first-order valence-corrected chi connectivity index (χ1v) is 5.80. The van der Waals surface area contributed by atoms with Gasteiger partial charge < -0.3 is 0 Å². The van der Waals surface area contributed by atoms with Crippen molar-refractivity contribution in [2.75, 3.05) is 13.1 Å². The second-order valence-electron chi connectivity index (χ2n) is 4.02. The van der Waals surface area contributed by atoms with Crippen LogP contribution >= 0.6 is 22.9 Å². The summed E-state index contributed by atoms with van der Waals surface area (Å²) < 4.78 is 2.32. The summed E-state index contributed by atoms with van der Waals surface area (Å²) in [7, 11) is 0. The van der Waals surface area contributed by atoms with Gasteiger partial charge in [0.2, 0.25) is 0 Å². The minimum atomic E-state index is -0.127. The van der Waals surface area contributed by atoms with Crippen LogP contribution in [0, 0.1) is 11.3 Å². The van der Waals surface area contributed by atoms with Gasteiger partial charge in [0.15, 0.2) is 0 Å².